The quantitative estimate of drug-likeness (QED) is 0.828. The summed E-state index contributed by atoms with van der Waals surface area (Å²) in [4.78, 5) is 14.2. The van der Waals surface area contributed by atoms with Crippen molar-refractivity contribution in [3.05, 3.63) is 29.3 Å². The molecule has 2 N–H and O–H groups in total. The van der Waals surface area contributed by atoms with Gasteiger partial charge in [0.05, 0.1) is 0 Å². The first kappa shape index (κ1) is 15.5. The highest BCUT2D eigenvalue weighted by molar-refractivity contribution is 5.96. The van der Waals surface area contributed by atoms with Gasteiger partial charge in [0, 0.05) is 23.7 Å². The minimum atomic E-state index is -0.128. The van der Waals surface area contributed by atoms with E-state index in [1.165, 1.54) is 0 Å². The highest BCUT2D eigenvalue weighted by atomic mass is 16.3. The lowest BCUT2D eigenvalue weighted by atomic mass is 10.1. The van der Waals surface area contributed by atoms with Gasteiger partial charge in [-0.25, -0.2) is 0 Å². The van der Waals surface area contributed by atoms with Crippen LogP contribution < -0.4 is 5.32 Å². The summed E-state index contributed by atoms with van der Waals surface area (Å²) in [6, 6.07) is 5.35. The Morgan fingerprint density at radius 1 is 1.42 bits per heavy atom. The van der Waals surface area contributed by atoms with Crippen molar-refractivity contribution in [3.8, 4) is 5.75 Å². The Morgan fingerprint density at radius 2 is 2.11 bits per heavy atom. The number of hydrogen-bond acceptors (Lipinski definition) is 3. The van der Waals surface area contributed by atoms with Gasteiger partial charge in [-0.2, -0.15) is 0 Å². The number of nitrogens with zero attached hydrogens (tertiary/aromatic N) is 1. The molecule has 0 spiro atoms. The van der Waals surface area contributed by atoms with E-state index in [1.54, 1.807) is 25.1 Å². The molecule has 1 amide bonds. The van der Waals surface area contributed by atoms with Crippen molar-refractivity contribution in [1.82, 2.24) is 10.2 Å². The summed E-state index contributed by atoms with van der Waals surface area (Å²) < 4.78 is 0. The minimum Gasteiger partial charge on any atom is -0.508 e. The normalized spacial score (nSPS) is 12.5. The van der Waals surface area contributed by atoms with Crippen molar-refractivity contribution in [2.45, 2.75) is 32.7 Å². The fourth-order valence-corrected chi connectivity index (χ4v) is 2.05. The SMILES string of the molecule is CCCC(CNC(=O)c1cccc(O)c1C)N(C)C. The zero-order valence-corrected chi connectivity index (χ0v) is 12.2. The van der Waals surface area contributed by atoms with Crippen molar-refractivity contribution in [3.63, 3.8) is 0 Å². The first-order chi connectivity index (χ1) is 8.97. The maximum Gasteiger partial charge on any atom is 0.251 e. The molecule has 0 aliphatic carbocycles. The lowest BCUT2D eigenvalue weighted by molar-refractivity contribution is 0.0939. The van der Waals surface area contributed by atoms with Crippen molar-refractivity contribution in [2.24, 2.45) is 0 Å². The third kappa shape index (κ3) is 4.24. The van der Waals surface area contributed by atoms with Crippen LogP contribution in [0.15, 0.2) is 18.2 Å². The number of aromatic hydroxyl groups is 1. The molecular weight excluding hydrogens is 240 g/mol. The minimum absolute atomic E-state index is 0.128. The third-order valence-electron chi connectivity index (χ3n) is 3.40. The number of rotatable bonds is 6. The zero-order chi connectivity index (χ0) is 14.4. The Hall–Kier alpha value is -1.55. The van der Waals surface area contributed by atoms with Crippen molar-refractivity contribution < 1.29 is 9.90 Å². The topological polar surface area (TPSA) is 52.6 Å². The molecule has 106 valence electrons. The van der Waals surface area contributed by atoms with Gasteiger partial charge in [-0.1, -0.05) is 19.4 Å². The first-order valence-corrected chi connectivity index (χ1v) is 6.70. The number of hydrogen-bond donors (Lipinski definition) is 2. The summed E-state index contributed by atoms with van der Waals surface area (Å²) in [5, 5.41) is 12.6. The Labute approximate surface area is 115 Å². The van der Waals surface area contributed by atoms with E-state index in [0.29, 0.717) is 23.7 Å². The van der Waals surface area contributed by atoms with Crippen LogP contribution in [0.25, 0.3) is 0 Å². The molecule has 0 radical (unpaired) electrons. The number of phenolic OH excluding ortho intramolecular Hbond substituents is 1. The van der Waals surface area contributed by atoms with Crippen LogP contribution in [-0.4, -0.2) is 42.6 Å². The number of likely N-dealkylation sites (N-methyl/N-ethyl adjacent to an activating group) is 1. The van der Waals surface area contributed by atoms with E-state index >= 15 is 0 Å². The van der Waals surface area contributed by atoms with Crippen LogP contribution in [0.3, 0.4) is 0 Å². The van der Waals surface area contributed by atoms with Crippen LogP contribution in [0, 0.1) is 6.92 Å². The second-order valence-corrected chi connectivity index (χ2v) is 5.07. The van der Waals surface area contributed by atoms with Gasteiger partial charge >= 0.3 is 0 Å². The maximum atomic E-state index is 12.1. The highest BCUT2D eigenvalue weighted by Crippen LogP contribution is 2.19. The first-order valence-electron chi connectivity index (χ1n) is 6.70. The van der Waals surface area contributed by atoms with Gasteiger partial charge < -0.3 is 15.3 Å². The van der Waals surface area contributed by atoms with Gasteiger partial charge in [0.25, 0.3) is 5.91 Å². The second kappa shape index (κ2) is 7.14. The molecule has 0 bridgehead atoms. The number of nitrogens with one attached hydrogen (secondary N) is 1. The van der Waals surface area contributed by atoms with Gasteiger partial charge in [0.1, 0.15) is 5.75 Å². The smallest absolute Gasteiger partial charge is 0.251 e. The molecule has 0 heterocycles. The molecule has 1 unspecified atom stereocenters. The van der Waals surface area contributed by atoms with Gasteiger partial charge in [-0.15, -0.1) is 0 Å². The number of carbonyl (C=O) groups excluding carboxylic acids is 1. The van der Waals surface area contributed by atoms with Gasteiger partial charge in [-0.05, 0) is 39.6 Å². The number of amides is 1. The van der Waals surface area contributed by atoms with E-state index in [2.05, 4.69) is 17.1 Å². The van der Waals surface area contributed by atoms with Crippen LogP contribution >= 0.6 is 0 Å². The summed E-state index contributed by atoms with van der Waals surface area (Å²) in [7, 11) is 4.04. The van der Waals surface area contributed by atoms with Crippen LogP contribution in [0.5, 0.6) is 5.75 Å². The van der Waals surface area contributed by atoms with Gasteiger partial charge in [0.2, 0.25) is 0 Å². The molecule has 4 nitrogen and oxygen atoms in total. The molecule has 1 aromatic rings. The largest absolute Gasteiger partial charge is 0.508 e. The van der Waals surface area contributed by atoms with Crippen LogP contribution in [0.2, 0.25) is 0 Å². The molecular formula is C15H24N2O2. The monoisotopic (exact) mass is 264 g/mol. The molecule has 0 saturated heterocycles. The Morgan fingerprint density at radius 3 is 2.68 bits per heavy atom. The molecule has 0 aliphatic rings. The van der Waals surface area contributed by atoms with E-state index in [0.717, 1.165) is 12.8 Å². The standard InChI is InChI=1S/C15H24N2O2/c1-5-7-12(17(3)4)10-16-15(19)13-8-6-9-14(18)11(13)2/h6,8-9,12,18H,5,7,10H2,1-4H3,(H,16,19). The fourth-order valence-electron chi connectivity index (χ4n) is 2.05. The predicted molar refractivity (Wildman–Crippen MR) is 77.6 cm³/mol. The van der Waals surface area contributed by atoms with Crippen LogP contribution in [0.4, 0.5) is 0 Å². The van der Waals surface area contributed by atoms with E-state index in [9.17, 15) is 9.90 Å². The van der Waals surface area contributed by atoms with Crippen LogP contribution in [-0.2, 0) is 0 Å². The van der Waals surface area contributed by atoms with Gasteiger partial charge in [-0.3, -0.25) is 4.79 Å². The average Bonchev–Trinajstić information content (AvgIpc) is 2.37. The number of phenols is 1. The summed E-state index contributed by atoms with van der Waals surface area (Å²) in [6.45, 7) is 4.51. The molecule has 1 rings (SSSR count). The summed E-state index contributed by atoms with van der Waals surface area (Å²) in [5.41, 5.74) is 1.16. The van der Waals surface area contributed by atoms with E-state index < -0.39 is 0 Å². The zero-order valence-electron chi connectivity index (χ0n) is 12.2. The molecule has 1 atom stereocenters. The lowest BCUT2D eigenvalue weighted by Crippen LogP contribution is -2.40. The Bertz CT molecular complexity index is 430. The molecule has 4 heteroatoms. The molecule has 0 fully saturated rings. The van der Waals surface area contributed by atoms with E-state index in [1.807, 2.05) is 14.1 Å². The average molecular weight is 264 g/mol. The predicted octanol–water partition coefficient (Wildman–Crippen LogP) is 2.16. The van der Waals surface area contributed by atoms with Crippen molar-refractivity contribution in [1.29, 1.82) is 0 Å². The second-order valence-electron chi connectivity index (χ2n) is 5.07. The summed E-state index contributed by atoms with van der Waals surface area (Å²) >= 11 is 0. The van der Waals surface area contributed by atoms with E-state index in [-0.39, 0.29) is 11.7 Å². The number of benzene rings is 1. The molecule has 0 saturated carbocycles. The van der Waals surface area contributed by atoms with Crippen molar-refractivity contribution in [2.75, 3.05) is 20.6 Å². The molecule has 19 heavy (non-hydrogen) atoms. The fraction of sp³-hybridized carbons (Fsp3) is 0.533. The van der Waals surface area contributed by atoms with E-state index in [4.69, 9.17) is 0 Å². The van der Waals surface area contributed by atoms with Gasteiger partial charge in [0.15, 0.2) is 0 Å². The Kier molecular flexibility index (Phi) is 5.83. The van der Waals surface area contributed by atoms with Crippen LogP contribution in [0.1, 0.15) is 35.7 Å². The molecule has 0 aliphatic heterocycles. The third-order valence-corrected chi connectivity index (χ3v) is 3.40. The highest BCUT2D eigenvalue weighted by Gasteiger charge is 2.15. The summed E-state index contributed by atoms with van der Waals surface area (Å²) in [5.74, 6) is 0.0294. The summed E-state index contributed by atoms with van der Waals surface area (Å²) in [6.07, 6.45) is 2.14. The number of carbonyl (C=O) groups is 1. The van der Waals surface area contributed by atoms with Crippen molar-refractivity contribution >= 4 is 5.91 Å². The lowest BCUT2D eigenvalue weighted by Gasteiger charge is -2.24. The molecule has 0 aromatic heterocycles. The maximum absolute atomic E-state index is 12.1. The Balaban J connectivity index is 2.67. The molecule has 1 aromatic carbocycles.